The second kappa shape index (κ2) is 9.00. The molecule has 2 atom stereocenters. The highest BCUT2D eigenvalue weighted by molar-refractivity contribution is 5.76. The van der Waals surface area contributed by atoms with Crippen LogP contribution in [0.25, 0.3) is 0 Å². The molecule has 1 saturated heterocycles. The van der Waals surface area contributed by atoms with Gasteiger partial charge in [0.2, 0.25) is 5.91 Å². The van der Waals surface area contributed by atoms with Gasteiger partial charge in [0.25, 0.3) is 0 Å². The molecule has 1 N–H and O–H groups in total. The first kappa shape index (κ1) is 17.9. The molecule has 1 aromatic heterocycles. The van der Waals surface area contributed by atoms with Gasteiger partial charge >= 0.3 is 0 Å². The molecule has 2 rings (SSSR count). The molecule has 0 bridgehead atoms. The predicted molar refractivity (Wildman–Crippen MR) is 87.2 cm³/mol. The van der Waals surface area contributed by atoms with Gasteiger partial charge in [-0.05, 0) is 33.0 Å². The van der Waals surface area contributed by atoms with E-state index in [2.05, 4.69) is 15.3 Å². The van der Waals surface area contributed by atoms with Gasteiger partial charge in [-0.1, -0.05) is 0 Å². The quantitative estimate of drug-likeness (QED) is 0.740. The van der Waals surface area contributed by atoms with Crippen molar-refractivity contribution in [3.63, 3.8) is 0 Å². The van der Waals surface area contributed by atoms with Gasteiger partial charge in [-0.15, -0.1) is 0 Å². The van der Waals surface area contributed by atoms with E-state index in [0.29, 0.717) is 32.7 Å². The average Bonchev–Trinajstić information content (AvgIpc) is 2.92. The summed E-state index contributed by atoms with van der Waals surface area (Å²) in [7, 11) is 5.91. The number of nitrogens with one attached hydrogen (secondary N) is 1. The van der Waals surface area contributed by atoms with E-state index in [0.717, 1.165) is 18.7 Å². The number of rotatable bonds is 8. The molecule has 0 saturated carbocycles. The normalized spacial score (nSPS) is 21.6. The monoisotopic (exact) mass is 324 g/mol. The zero-order chi connectivity index (χ0) is 16.7. The molecule has 0 spiro atoms. The number of likely N-dealkylation sites (N-methyl/N-ethyl adjacent to an activating group) is 1. The van der Waals surface area contributed by atoms with Crippen LogP contribution in [0.1, 0.15) is 18.5 Å². The van der Waals surface area contributed by atoms with E-state index in [1.165, 1.54) is 0 Å². The highest BCUT2D eigenvalue weighted by Gasteiger charge is 2.27. The van der Waals surface area contributed by atoms with Crippen molar-refractivity contribution in [2.45, 2.75) is 31.4 Å². The van der Waals surface area contributed by atoms with Crippen LogP contribution in [-0.4, -0.2) is 73.2 Å². The number of carbonyl (C=O) groups excluding carboxylic acids is 1. The maximum atomic E-state index is 12.2. The smallest absolute Gasteiger partial charge is 0.220 e. The fourth-order valence-corrected chi connectivity index (χ4v) is 2.59. The van der Waals surface area contributed by atoms with Crippen molar-refractivity contribution in [2.24, 2.45) is 7.05 Å². The van der Waals surface area contributed by atoms with Crippen molar-refractivity contribution >= 4 is 5.91 Å². The molecule has 0 aliphatic carbocycles. The Kier molecular flexibility index (Phi) is 7.01. The number of hydrogen-bond donors (Lipinski definition) is 1. The molecular formula is C16H28N4O3. The SMILES string of the molecule is CN(C)CCO[C@@H]1COCC[C@H]1NC(=O)CCc1ccnn1C. The number of ether oxygens (including phenoxy) is 2. The lowest BCUT2D eigenvalue weighted by Gasteiger charge is -2.32. The molecule has 7 heteroatoms. The van der Waals surface area contributed by atoms with Gasteiger partial charge < -0.3 is 19.7 Å². The van der Waals surface area contributed by atoms with E-state index in [4.69, 9.17) is 9.47 Å². The molecule has 130 valence electrons. The van der Waals surface area contributed by atoms with Crippen molar-refractivity contribution in [1.29, 1.82) is 0 Å². The van der Waals surface area contributed by atoms with Crippen molar-refractivity contribution in [2.75, 3.05) is 40.5 Å². The lowest BCUT2D eigenvalue weighted by molar-refractivity contribution is -0.126. The number of amides is 1. The Morgan fingerprint density at radius 3 is 3.09 bits per heavy atom. The van der Waals surface area contributed by atoms with Crippen LogP contribution in [0.3, 0.4) is 0 Å². The van der Waals surface area contributed by atoms with Crippen LogP contribution >= 0.6 is 0 Å². The lowest BCUT2D eigenvalue weighted by Crippen LogP contribution is -2.50. The number of carbonyl (C=O) groups is 1. The summed E-state index contributed by atoms with van der Waals surface area (Å²) in [5, 5.41) is 7.22. The Labute approximate surface area is 137 Å². The fraction of sp³-hybridized carbons (Fsp3) is 0.750. The second-order valence-corrected chi connectivity index (χ2v) is 6.20. The van der Waals surface area contributed by atoms with Gasteiger partial charge in [0.1, 0.15) is 6.10 Å². The highest BCUT2D eigenvalue weighted by atomic mass is 16.5. The molecule has 2 heterocycles. The van der Waals surface area contributed by atoms with Gasteiger partial charge in [0.15, 0.2) is 0 Å². The van der Waals surface area contributed by atoms with Crippen LogP contribution in [0, 0.1) is 0 Å². The fourth-order valence-electron chi connectivity index (χ4n) is 2.59. The summed E-state index contributed by atoms with van der Waals surface area (Å²) in [5.41, 5.74) is 1.06. The summed E-state index contributed by atoms with van der Waals surface area (Å²) in [6.07, 6.45) is 3.63. The molecule has 1 fully saturated rings. The summed E-state index contributed by atoms with van der Waals surface area (Å²) in [6.45, 7) is 2.71. The van der Waals surface area contributed by atoms with E-state index in [-0.39, 0.29) is 18.1 Å². The van der Waals surface area contributed by atoms with Crippen LogP contribution in [-0.2, 0) is 27.7 Å². The molecular weight excluding hydrogens is 296 g/mol. The van der Waals surface area contributed by atoms with Crippen LogP contribution < -0.4 is 5.32 Å². The van der Waals surface area contributed by atoms with Gasteiger partial charge in [0, 0.05) is 38.5 Å². The summed E-state index contributed by atoms with van der Waals surface area (Å²) < 4.78 is 13.2. The van der Waals surface area contributed by atoms with Crippen molar-refractivity contribution in [3.05, 3.63) is 18.0 Å². The summed E-state index contributed by atoms with van der Waals surface area (Å²) >= 11 is 0. The number of hydrogen-bond acceptors (Lipinski definition) is 5. The third-order valence-corrected chi connectivity index (χ3v) is 4.05. The number of nitrogens with zero attached hydrogens (tertiary/aromatic N) is 3. The highest BCUT2D eigenvalue weighted by Crippen LogP contribution is 2.12. The first-order chi connectivity index (χ1) is 11.1. The van der Waals surface area contributed by atoms with E-state index < -0.39 is 0 Å². The van der Waals surface area contributed by atoms with Crippen LogP contribution in [0.4, 0.5) is 0 Å². The Balaban J connectivity index is 1.76. The van der Waals surface area contributed by atoms with Gasteiger partial charge in [-0.25, -0.2) is 0 Å². The van der Waals surface area contributed by atoms with Gasteiger partial charge in [-0.2, -0.15) is 5.10 Å². The molecule has 1 aliphatic rings. The molecule has 1 aliphatic heterocycles. The minimum Gasteiger partial charge on any atom is -0.379 e. The van der Waals surface area contributed by atoms with Crippen LogP contribution in [0.15, 0.2) is 12.3 Å². The Morgan fingerprint density at radius 2 is 2.39 bits per heavy atom. The van der Waals surface area contributed by atoms with Crippen molar-refractivity contribution in [1.82, 2.24) is 20.0 Å². The second-order valence-electron chi connectivity index (χ2n) is 6.20. The number of aryl methyl sites for hydroxylation is 2. The molecule has 7 nitrogen and oxygen atoms in total. The molecule has 0 unspecified atom stereocenters. The minimum atomic E-state index is -0.0654. The van der Waals surface area contributed by atoms with Crippen molar-refractivity contribution < 1.29 is 14.3 Å². The molecule has 1 amide bonds. The van der Waals surface area contributed by atoms with Crippen LogP contribution in [0.5, 0.6) is 0 Å². The average molecular weight is 324 g/mol. The van der Waals surface area contributed by atoms with E-state index in [9.17, 15) is 4.79 Å². The first-order valence-electron chi connectivity index (χ1n) is 8.16. The standard InChI is InChI=1S/C16H28N4O3/c1-19(2)9-11-23-15-12-22-10-7-14(15)18-16(21)5-4-13-6-8-17-20(13)3/h6,8,14-15H,4-5,7,9-12H2,1-3H3,(H,18,21)/t14-,15-/m1/s1. The maximum Gasteiger partial charge on any atom is 0.220 e. The molecule has 23 heavy (non-hydrogen) atoms. The topological polar surface area (TPSA) is 68.6 Å². The van der Waals surface area contributed by atoms with Crippen LogP contribution in [0.2, 0.25) is 0 Å². The number of aromatic nitrogens is 2. The third-order valence-electron chi connectivity index (χ3n) is 4.05. The first-order valence-corrected chi connectivity index (χ1v) is 8.16. The summed E-state index contributed by atoms with van der Waals surface area (Å²) in [6, 6.07) is 1.97. The molecule has 0 aromatic carbocycles. The largest absolute Gasteiger partial charge is 0.379 e. The lowest BCUT2D eigenvalue weighted by atomic mass is 10.1. The van der Waals surface area contributed by atoms with Gasteiger partial charge in [-0.3, -0.25) is 9.48 Å². The van der Waals surface area contributed by atoms with E-state index in [1.54, 1.807) is 10.9 Å². The predicted octanol–water partition coefficient (Wildman–Crippen LogP) is 0.205. The van der Waals surface area contributed by atoms with Crippen molar-refractivity contribution in [3.8, 4) is 0 Å². The molecule has 0 radical (unpaired) electrons. The Bertz CT molecular complexity index is 489. The maximum absolute atomic E-state index is 12.2. The minimum absolute atomic E-state index is 0.0324. The van der Waals surface area contributed by atoms with E-state index in [1.807, 2.05) is 27.2 Å². The molecule has 1 aromatic rings. The summed E-state index contributed by atoms with van der Waals surface area (Å²) in [5.74, 6) is 0.0549. The zero-order valence-electron chi connectivity index (χ0n) is 14.3. The Morgan fingerprint density at radius 1 is 1.57 bits per heavy atom. The summed E-state index contributed by atoms with van der Waals surface area (Å²) in [4.78, 5) is 14.3. The van der Waals surface area contributed by atoms with E-state index >= 15 is 0 Å². The Hall–Kier alpha value is -1.44. The van der Waals surface area contributed by atoms with Gasteiger partial charge in [0.05, 0.1) is 19.3 Å². The third kappa shape index (κ3) is 5.93. The zero-order valence-corrected chi connectivity index (χ0v) is 14.3.